The van der Waals surface area contributed by atoms with Crippen LogP contribution >= 0.6 is 0 Å². The first-order valence-electron chi connectivity index (χ1n) is 9.25. The summed E-state index contributed by atoms with van der Waals surface area (Å²) in [4.78, 5) is 12.3. The third-order valence-electron chi connectivity index (χ3n) is 4.54. The number of hydrogen-bond acceptors (Lipinski definition) is 4. The molecule has 1 heterocycles. The van der Waals surface area contributed by atoms with E-state index in [1.54, 1.807) is 30.3 Å². The van der Waals surface area contributed by atoms with Crippen LogP contribution in [0.3, 0.4) is 0 Å². The van der Waals surface area contributed by atoms with Gasteiger partial charge in [-0.1, -0.05) is 31.2 Å². The third-order valence-corrected chi connectivity index (χ3v) is 6.46. The monoisotopic (exact) mass is 400 g/mol. The van der Waals surface area contributed by atoms with Crippen molar-refractivity contribution in [2.24, 2.45) is 0 Å². The molecule has 1 N–H and O–H groups in total. The summed E-state index contributed by atoms with van der Waals surface area (Å²) in [5.41, 5.74) is 2.69. The number of aryl methyl sites for hydroxylation is 1. The number of ether oxygens (including phenoxy) is 1. The van der Waals surface area contributed by atoms with Gasteiger partial charge in [-0.3, -0.25) is 4.79 Å². The topological polar surface area (TPSA) is 75.7 Å². The second-order valence-electron chi connectivity index (χ2n) is 6.46. The smallest absolute Gasteiger partial charge is 0.248 e. The first kappa shape index (κ1) is 20.3. The number of morpholine rings is 1. The summed E-state index contributed by atoms with van der Waals surface area (Å²) in [5, 5.41) is 2.80. The van der Waals surface area contributed by atoms with Gasteiger partial charge >= 0.3 is 0 Å². The molecule has 1 aliphatic rings. The van der Waals surface area contributed by atoms with Crippen LogP contribution in [0, 0.1) is 0 Å². The maximum atomic E-state index is 12.6. The lowest BCUT2D eigenvalue weighted by Crippen LogP contribution is -2.40. The van der Waals surface area contributed by atoms with Crippen molar-refractivity contribution < 1.29 is 17.9 Å². The van der Waals surface area contributed by atoms with Gasteiger partial charge in [0.15, 0.2) is 0 Å². The van der Waals surface area contributed by atoms with Crippen molar-refractivity contribution in [2.75, 3.05) is 31.6 Å². The van der Waals surface area contributed by atoms with E-state index in [0.717, 1.165) is 17.7 Å². The quantitative estimate of drug-likeness (QED) is 0.757. The molecule has 3 rings (SSSR count). The summed E-state index contributed by atoms with van der Waals surface area (Å²) >= 11 is 0. The molecular weight excluding hydrogens is 376 g/mol. The lowest BCUT2D eigenvalue weighted by molar-refractivity contribution is -0.111. The minimum absolute atomic E-state index is 0.241. The van der Waals surface area contributed by atoms with Gasteiger partial charge in [0.1, 0.15) is 0 Å². The summed E-state index contributed by atoms with van der Waals surface area (Å²) in [7, 11) is -3.51. The van der Waals surface area contributed by atoms with E-state index in [-0.39, 0.29) is 10.8 Å². The van der Waals surface area contributed by atoms with Gasteiger partial charge in [-0.15, -0.1) is 0 Å². The largest absolute Gasteiger partial charge is 0.379 e. The number of nitrogens with zero attached hydrogens (tertiary/aromatic N) is 1. The zero-order valence-corrected chi connectivity index (χ0v) is 16.6. The number of anilines is 1. The highest BCUT2D eigenvalue weighted by Gasteiger charge is 2.25. The van der Waals surface area contributed by atoms with Crippen molar-refractivity contribution in [1.82, 2.24) is 4.31 Å². The van der Waals surface area contributed by atoms with Gasteiger partial charge in [0.25, 0.3) is 0 Å². The molecule has 1 amide bonds. The first-order valence-corrected chi connectivity index (χ1v) is 10.7. The molecule has 0 saturated carbocycles. The highest BCUT2D eigenvalue weighted by molar-refractivity contribution is 7.89. The SMILES string of the molecule is CCc1ccc(NC(=O)/C=C/c2ccc(S(=O)(=O)N3CCOCC3)cc2)cc1. The molecule has 1 saturated heterocycles. The van der Waals surface area contributed by atoms with E-state index in [2.05, 4.69) is 12.2 Å². The van der Waals surface area contributed by atoms with E-state index in [9.17, 15) is 13.2 Å². The minimum Gasteiger partial charge on any atom is -0.379 e. The van der Waals surface area contributed by atoms with Crippen LogP contribution in [0.15, 0.2) is 59.5 Å². The number of carbonyl (C=O) groups excluding carboxylic acids is 1. The number of hydrogen-bond donors (Lipinski definition) is 1. The van der Waals surface area contributed by atoms with Gasteiger partial charge in [0.2, 0.25) is 15.9 Å². The van der Waals surface area contributed by atoms with E-state index in [1.807, 2.05) is 24.3 Å². The summed E-state index contributed by atoms with van der Waals surface area (Å²) in [6.45, 7) is 3.63. The summed E-state index contributed by atoms with van der Waals surface area (Å²) in [5.74, 6) is -0.241. The Morgan fingerprint density at radius 1 is 1.07 bits per heavy atom. The van der Waals surface area contributed by atoms with Gasteiger partial charge in [0.05, 0.1) is 18.1 Å². The Kier molecular flexibility index (Phi) is 6.61. The number of nitrogens with one attached hydrogen (secondary N) is 1. The lowest BCUT2D eigenvalue weighted by atomic mass is 10.1. The first-order chi connectivity index (χ1) is 13.5. The number of sulfonamides is 1. The molecular formula is C21H24N2O4S. The fourth-order valence-electron chi connectivity index (χ4n) is 2.87. The molecule has 1 aliphatic heterocycles. The minimum atomic E-state index is -3.51. The predicted octanol–water partition coefficient (Wildman–Crippen LogP) is 2.92. The molecule has 28 heavy (non-hydrogen) atoms. The van der Waals surface area contributed by atoms with Crippen LogP contribution in [0.25, 0.3) is 6.08 Å². The molecule has 2 aromatic rings. The molecule has 1 fully saturated rings. The van der Waals surface area contributed by atoms with Crippen LogP contribution in [-0.2, 0) is 26.0 Å². The van der Waals surface area contributed by atoms with Crippen LogP contribution in [0.4, 0.5) is 5.69 Å². The van der Waals surface area contributed by atoms with Crippen molar-refractivity contribution in [3.8, 4) is 0 Å². The van der Waals surface area contributed by atoms with Crippen LogP contribution in [0.1, 0.15) is 18.1 Å². The second-order valence-corrected chi connectivity index (χ2v) is 8.40. The Morgan fingerprint density at radius 2 is 1.71 bits per heavy atom. The van der Waals surface area contributed by atoms with Crippen LogP contribution in [0.5, 0.6) is 0 Å². The second kappa shape index (κ2) is 9.14. The van der Waals surface area contributed by atoms with Gasteiger partial charge in [-0.2, -0.15) is 4.31 Å². The van der Waals surface area contributed by atoms with Gasteiger partial charge < -0.3 is 10.1 Å². The molecule has 6 nitrogen and oxygen atoms in total. The molecule has 0 aromatic heterocycles. The molecule has 7 heteroatoms. The summed E-state index contributed by atoms with van der Waals surface area (Å²) in [6, 6.07) is 14.2. The van der Waals surface area contributed by atoms with E-state index in [1.165, 1.54) is 15.9 Å². The van der Waals surface area contributed by atoms with Gasteiger partial charge in [0, 0.05) is 24.9 Å². The molecule has 2 aromatic carbocycles. The highest BCUT2D eigenvalue weighted by atomic mass is 32.2. The van der Waals surface area contributed by atoms with Crippen LogP contribution < -0.4 is 5.32 Å². The average molecular weight is 401 g/mol. The maximum Gasteiger partial charge on any atom is 0.248 e. The standard InChI is InChI=1S/C21H24N2O4S/c1-2-17-3-8-19(9-4-17)22-21(24)12-7-18-5-10-20(11-6-18)28(25,26)23-13-15-27-16-14-23/h3-12H,2,13-16H2,1H3,(H,22,24)/b12-7+. The molecule has 0 atom stereocenters. The van der Waals surface area contributed by atoms with Crippen molar-refractivity contribution in [2.45, 2.75) is 18.2 Å². The van der Waals surface area contributed by atoms with Crippen LogP contribution in [0.2, 0.25) is 0 Å². The van der Waals surface area contributed by atoms with Crippen molar-refractivity contribution in [1.29, 1.82) is 0 Å². The lowest BCUT2D eigenvalue weighted by Gasteiger charge is -2.26. The highest BCUT2D eigenvalue weighted by Crippen LogP contribution is 2.18. The van der Waals surface area contributed by atoms with Gasteiger partial charge in [-0.05, 0) is 47.9 Å². The third kappa shape index (κ3) is 5.07. The number of amides is 1. The molecule has 0 aliphatic carbocycles. The Bertz CT molecular complexity index is 929. The number of carbonyl (C=O) groups is 1. The molecule has 148 valence electrons. The molecule has 0 spiro atoms. The zero-order chi connectivity index (χ0) is 20.0. The van der Waals surface area contributed by atoms with E-state index in [4.69, 9.17) is 4.74 Å². The maximum absolute atomic E-state index is 12.6. The summed E-state index contributed by atoms with van der Waals surface area (Å²) in [6.07, 6.45) is 4.03. The normalized spacial score (nSPS) is 15.6. The Hall–Kier alpha value is -2.48. The van der Waals surface area contributed by atoms with Crippen molar-refractivity contribution in [3.05, 3.63) is 65.7 Å². The zero-order valence-electron chi connectivity index (χ0n) is 15.8. The van der Waals surface area contributed by atoms with E-state index >= 15 is 0 Å². The summed E-state index contributed by atoms with van der Waals surface area (Å²) < 4.78 is 31.8. The molecule has 0 unspecified atom stereocenters. The Labute approximate surface area is 165 Å². The fraction of sp³-hybridized carbons (Fsp3) is 0.286. The number of benzene rings is 2. The van der Waals surface area contributed by atoms with E-state index < -0.39 is 10.0 Å². The average Bonchev–Trinajstić information content (AvgIpc) is 2.74. The molecule has 0 bridgehead atoms. The van der Waals surface area contributed by atoms with Crippen molar-refractivity contribution in [3.63, 3.8) is 0 Å². The molecule has 0 radical (unpaired) electrons. The van der Waals surface area contributed by atoms with Crippen molar-refractivity contribution >= 4 is 27.7 Å². The van der Waals surface area contributed by atoms with Crippen LogP contribution in [-0.4, -0.2) is 44.9 Å². The predicted molar refractivity (Wildman–Crippen MR) is 110 cm³/mol. The van der Waals surface area contributed by atoms with E-state index in [0.29, 0.717) is 26.3 Å². The van der Waals surface area contributed by atoms with Gasteiger partial charge in [-0.25, -0.2) is 8.42 Å². The Morgan fingerprint density at radius 3 is 2.32 bits per heavy atom. The Balaban J connectivity index is 1.62. The fourth-order valence-corrected chi connectivity index (χ4v) is 4.27. The number of rotatable bonds is 6.